The quantitative estimate of drug-likeness (QED) is 0.223. The van der Waals surface area contributed by atoms with Gasteiger partial charge in [0, 0.05) is 6.54 Å². The van der Waals surface area contributed by atoms with E-state index in [0.717, 1.165) is 0 Å². The normalized spacial score (nSPS) is 11.2. The summed E-state index contributed by atoms with van der Waals surface area (Å²) < 4.78 is 25.0. The number of carbonyl (C=O) groups excluding carboxylic acids is 4. The number of hydrogen-bond acceptors (Lipinski definition) is 9. The molecular weight excluding hydrogens is 424 g/mol. The molecule has 1 unspecified atom stereocenters. The Labute approximate surface area is 186 Å². The van der Waals surface area contributed by atoms with Gasteiger partial charge < -0.3 is 34.3 Å². The minimum Gasteiger partial charge on any atom is -0.469 e. The Bertz CT molecular complexity index is 712. The molecule has 2 N–H and O–H groups in total. The number of carbonyl (C=O) groups is 4. The number of alkyl carbamates (subject to hydrolysis) is 1. The molecule has 0 saturated carbocycles. The van der Waals surface area contributed by atoms with Gasteiger partial charge in [-0.25, -0.2) is 4.79 Å². The summed E-state index contributed by atoms with van der Waals surface area (Å²) in [5.74, 6) is -1.21. The van der Waals surface area contributed by atoms with E-state index in [1.807, 2.05) is 6.07 Å². The van der Waals surface area contributed by atoms with Gasteiger partial charge in [0.2, 0.25) is 5.91 Å². The molecule has 0 heterocycles. The number of nitrogens with one attached hydrogen (secondary N) is 2. The fourth-order valence-electron chi connectivity index (χ4n) is 2.32. The molecule has 0 aliphatic heterocycles. The lowest BCUT2D eigenvalue weighted by molar-refractivity contribution is -0.142. The van der Waals surface area contributed by atoms with Gasteiger partial charge in [0.25, 0.3) is 0 Å². The van der Waals surface area contributed by atoms with Gasteiger partial charge in [0.1, 0.15) is 0 Å². The molecular formula is C21H30N2O9. The summed E-state index contributed by atoms with van der Waals surface area (Å²) in [5, 5.41) is 4.93. The fraction of sp³-hybridized carbons (Fsp3) is 0.524. The number of esters is 2. The highest BCUT2D eigenvalue weighted by atomic mass is 16.6. The monoisotopic (exact) mass is 454 g/mol. The smallest absolute Gasteiger partial charge is 0.408 e. The molecule has 1 aromatic rings. The lowest BCUT2D eigenvalue weighted by atomic mass is 10.1. The molecule has 11 heteroatoms. The minimum absolute atomic E-state index is 0.0313. The van der Waals surface area contributed by atoms with E-state index in [4.69, 9.17) is 14.2 Å². The van der Waals surface area contributed by atoms with Crippen LogP contribution in [-0.4, -0.2) is 77.7 Å². The van der Waals surface area contributed by atoms with Gasteiger partial charge in [0.15, 0.2) is 6.10 Å². The molecule has 1 aromatic carbocycles. The summed E-state index contributed by atoms with van der Waals surface area (Å²) in [6.07, 6.45) is -1.30. The van der Waals surface area contributed by atoms with Crippen molar-refractivity contribution >= 4 is 23.9 Å². The molecule has 32 heavy (non-hydrogen) atoms. The van der Waals surface area contributed by atoms with Crippen LogP contribution in [0.2, 0.25) is 0 Å². The number of hydrogen-bond donors (Lipinski definition) is 2. The molecule has 0 saturated heterocycles. The van der Waals surface area contributed by atoms with Crippen LogP contribution in [-0.2, 0) is 38.1 Å². The van der Waals surface area contributed by atoms with E-state index in [1.165, 1.54) is 14.2 Å². The average molecular weight is 454 g/mol. The molecule has 2 amide bonds. The topological polar surface area (TPSA) is 138 Å². The van der Waals surface area contributed by atoms with Crippen molar-refractivity contribution in [1.82, 2.24) is 10.6 Å². The van der Waals surface area contributed by atoms with Crippen LogP contribution < -0.4 is 10.6 Å². The van der Waals surface area contributed by atoms with Crippen molar-refractivity contribution in [3.05, 3.63) is 35.9 Å². The van der Waals surface area contributed by atoms with Crippen LogP contribution in [0, 0.1) is 0 Å². The van der Waals surface area contributed by atoms with Gasteiger partial charge in [-0.2, -0.15) is 0 Å². The molecule has 0 aliphatic carbocycles. The zero-order chi connectivity index (χ0) is 23.6. The first-order valence-corrected chi connectivity index (χ1v) is 10.0. The molecule has 0 bridgehead atoms. The summed E-state index contributed by atoms with van der Waals surface area (Å²) in [6, 6.07) is 8.95. The van der Waals surface area contributed by atoms with Crippen LogP contribution in [0.4, 0.5) is 4.79 Å². The third-order valence-electron chi connectivity index (χ3n) is 4.01. The third kappa shape index (κ3) is 12.5. The van der Waals surface area contributed by atoms with Crippen LogP contribution in [0.15, 0.2) is 30.3 Å². The van der Waals surface area contributed by atoms with Crippen LogP contribution in [0.3, 0.4) is 0 Å². The van der Waals surface area contributed by atoms with Crippen LogP contribution >= 0.6 is 0 Å². The highest BCUT2D eigenvalue weighted by Gasteiger charge is 2.18. The largest absolute Gasteiger partial charge is 0.469 e. The first kappa shape index (κ1) is 26.9. The second kappa shape index (κ2) is 16.5. The van der Waals surface area contributed by atoms with Gasteiger partial charge in [0.05, 0.1) is 60.0 Å². The van der Waals surface area contributed by atoms with Gasteiger partial charge >= 0.3 is 18.0 Å². The molecule has 1 atom stereocenters. The maximum Gasteiger partial charge on any atom is 0.408 e. The van der Waals surface area contributed by atoms with E-state index in [1.54, 1.807) is 24.3 Å². The molecule has 1 rings (SSSR count). The standard InChI is InChI=1S/C21H30N2O9/c1-28-19(25)8-11-30-13-10-22-18(24)14-23-21(27)32-17(16-6-4-3-5-7-16)15-31-12-9-20(26)29-2/h3-7,17H,8-15H2,1-2H3,(H,22,24)(H,23,27). The predicted molar refractivity (Wildman–Crippen MR) is 112 cm³/mol. The Balaban J connectivity index is 2.32. The second-order valence-electron chi connectivity index (χ2n) is 6.35. The van der Waals surface area contributed by atoms with Crippen molar-refractivity contribution in [1.29, 1.82) is 0 Å². The highest BCUT2D eigenvalue weighted by Crippen LogP contribution is 2.18. The van der Waals surface area contributed by atoms with Crippen LogP contribution in [0.1, 0.15) is 24.5 Å². The van der Waals surface area contributed by atoms with E-state index in [-0.39, 0.29) is 58.3 Å². The van der Waals surface area contributed by atoms with Gasteiger partial charge in [-0.1, -0.05) is 30.3 Å². The SMILES string of the molecule is COC(=O)CCOCCNC(=O)CNC(=O)OC(COCCC(=O)OC)c1ccccc1. The van der Waals surface area contributed by atoms with Crippen molar-refractivity contribution in [3.8, 4) is 0 Å². The van der Waals surface area contributed by atoms with E-state index >= 15 is 0 Å². The summed E-state index contributed by atoms with van der Waals surface area (Å²) >= 11 is 0. The lowest BCUT2D eigenvalue weighted by Crippen LogP contribution is -2.39. The lowest BCUT2D eigenvalue weighted by Gasteiger charge is -2.18. The average Bonchev–Trinajstić information content (AvgIpc) is 2.81. The van der Waals surface area contributed by atoms with Gasteiger partial charge in [-0.3, -0.25) is 14.4 Å². The molecule has 0 spiro atoms. The van der Waals surface area contributed by atoms with E-state index < -0.39 is 24.1 Å². The Morgan fingerprint density at radius 1 is 0.844 bits per heavy atom. The summed E-state index contributed by atoms with van der Waals surface area (Å²) in [4.78, 5) is 46.0. The third-order valence-corrected chi connectivity index (χ3v) is 4.01. The van der Waals surface area contributed by atoms with Crippen molar-refractivity contribution in [2.45, 2.75) is 18.9 Å². The van der Waals surface area contributed by atoms with E-state index in [9.17, 15) is 19.2 Å². The minimum atomic E-state index is -0.792. The number of ether oxygens (including phenoxy) is 5. The fourth-order valence-corrected chi connectivity index (χ4v) is 2.32. The maximum absolute atomic E-state index is 12.1. The molecule has 178 valence electrons. The number of amides is 2. The van der Waals surface area contributed by atoms with Crippen molar-refractivity contribution in [2.75, 3.05) is 53.7 Å². The first-order valence-electron chi connectivity index (χ1n) is 10.0. The summed E-state index contributed by atoms with van der Waals surface area (Å²) in [5.41, 5.74) is 0.703. The Morgan fingerprint density at radius 3 is 2.09 bits per heavy atom. The predicted octanol–water partition coefficient (Wildman–Crippen LogP) is 0.730. The van der Waals surface area contributed by atoms with E-state index in [0.29, 0.717) is 5.56 Å². The van der Waals surface area contributed by atoms with Crippen LogP contribution in [0.25, 0.3) is 0 Å². The maximum atomic E-state index is 12.1. The first-order chi connectivity index (χ1) is 15.5. The molecule has 0 fully saturated rings. The van der Waals surface area contributed by atoms with Gasteiger partial charge in [-0.05, 0) is 5.56 Å². The Morgan fingerprint density at radius 2 is 1.47 bits per heavy atom. The summed E-state index contributed by atoms with van der Waals surface area (Å²) in [7, 11) is 2.58. The zero-order valence-corrected chi connectivity index (χ0v) is 18.3. The second-order valence-corrected chi connectivity index (χ2v) is 6.35. The van der Waals surface area contributed by atoms with Gasteiger partial charge in [-0.15, -0.1) is 0 Å². The molecule has 0 aromatic heterocycles. The van der Waals surface area contributed by atoms with Crippen molar-refractivity contribution in [3.63, 3.8) is 0 Å². The van der Waals surface area contributed by atoms with E-state index in [2.05, 4.69) is 20.1 Å². The summed E-state index contributed by atoms with van der Waals surface area (Å²) in [6.45, 7) is 0.486. The van der Waals surface area contributed by atoms with Crippen molar-refractivity contribution in [2.24, 2.45) is 0 Å². The number of benzene rings is 1. The Kier molecular flexibility index (Phi) is 13.9. The zero-order valence-electron chi connectivity index (χ0n) is 18.3. The molecule has 11 nitrogen and oxygen atoms in total. The van der Waals surface area contributed by atoms with Crippen LogP contribution in [0.5, 0.6) is 0 Å². The van der Waals surface area contributed by atoms with Crippen molar-refractivity contribution < 1.29 is 42.9 Å². The molecule has 0 radical (unpaired) electrons. The Hall–Kier alpha value is -3.18. The molecule has 0 aliphatic rings. The number of rotatable bonds is 15. The number of methoxy groups -OCH3 is 2. The highest BCUT2D eigenvalue weighted by molar-refractivity contribution is 5.82.